The van der Waals surface area contributed by atoms with Gasteiger partial charge in [-0.25, -0.2) is 4.39 Å². The maximum Gasteiger partial charge on any atom is 0.127 e. The van der Waals surface area contributed by atoms with Crippen LogP contribution < -0.4 is 5.73 Å². The van der Waals surface area contributed by atoms with Crippen LogP contribution in [0.1, 0.15) is 29.2 Å². The Morgan fingerprint density at radius 2 is 1.95 bits per heavy atom. The lowest BCUT2D eigenvalue weighted by Crippen LogP contribution is -2.29. The van der Waals surface area contributed by atoms with E-state index >= 15 is 0 Å². The number of benzene rings is 2. The van der Waals surface area contributed by atoms with Crippen LogP contribution in [0.15, 0.2) is 42.5 Å². The van der Waals surface area contributed by atoms with Gasteiger partial charge in [-0.2, -0.15) is 0 Å². The van der Waals surface area contributed by atoms with Gasteiger partial charge in [-0.3, -0.25) is 0 Å². The first-order valence-electron chi connectivity index (χ1n) is 6.93. The predicted octanol–water partition coefficient (Wildman–Crippen LogP) is 4.28. The molecule has 2 aromatic carbocycles. The van der Waals surface area contributed by atoms with Gasteiger partial charge in [0, 0.05) is 16.6 Å². The van der Waals surface area contributed by atoms with Gasteiger partial charge in [0.15, 0.2) is 0 Å². The van der Waals surface area contributed by atoms with Crippen molar-refractivity contribution < 1.29 is 4.39 Å². The summed E-state index contributed by atoms with van der Waals surface area (Å²) < 4.78 is 13.9. The van der Waals surface area contributed by atoms with E-state index in [-0.39, 0.29) is 17.8 Å². The van der Waals surface area contributed by atoms with Crippen molar-refractivity contribution in [1.82, 2.24) is 0 Å². The van der Waals surface area contributed by atoms with E-state index in [4.69, 9.17) is 17.3 Å². The summed E-state index contributed by atoms with van der Waals surface area (Å²) >= 11 is 6.12. The molecule has 104 valence electrons. The summed E-state index contributed by atoms with van der Waals surface area (Å²) in [4.78, 5) is 0. The zero-order valence-electron chi connectivity index (χ0n) is 11.2. The SMILES string of the molecule is NC1c2ccccc2CCC1Cc1c(F)cccc1Cl. The smallest absolute Gasteiger partial charge is 0.127 e. The normalized spacial score (nSPS) is 21.6. The molecule has 0 aromatic heterocycles. The van der Waals surface area contributed by atoms with Crippen molar-refractivity contribution >= 4 is 11.6 Å². The van der Waals surface area contributed by atoms with Gasteiger partial charge in [0.2, 0.25) is 0 Å². The Morgan fingerprint density at radius 1 is 1.15 bits per heavy atom. The van der Waals surface area contributed by atoms with Gasteiger partial charge < -0.3 is 5.73 Å². The number of hydrogen-bond donors (Lipinski definition) is 1. The maximum atomic E-state index is 13.9. The Balaban J connectivity index is 1.87. The van der Waals surface area contributed by atoms with Crippen molar-refractivity contribution in [1.29, 1.82) is 0 Å². The molecule has 0 radical (unpaired) electrons. The Labute approximate surface area is 123 Å². The molecule has 2 aromatic rings. The number of nitrogens with two attached hydrogens (primary N) is 1. The highest BCUT2D eigenvalue weighted by Gasteiger charge is 2.27. The number of rotatable bonds is 2. The second-order valence-corrected chi connectivity index (χ2v) is 5.83. The molecule has 0 amide bonds. The van der Waals surface area contributed by atoms with Gasteiger partial charge in [-0.1, -0.05) is 41.9 Å². The summed E-state index contributed by atoms with van der Waals surface area (Å²) in [5.41, 5.74) is 9.47. The molecule has 0 saturated carbocycles. The molecule has 1 aliphatic carbocycles. The van der Waals surface area contributed by atoms with Crippen molar-refractivity contribution in [3.05, 3.63) is 70.0 Å². The van der Waals surface area contributed by atoms with Crippen LogP contribution in [0.3, 0.4) is 0 Å². The monoisotopic (exact) mass is 289 g/mol. The van der Waals surface area contributed by atoms with E-state index in [9.17, 15) is 4.39 Å². The Hall–Kier alpha value is -1.38. The highest BCUT2D eigenvalue weighted by molar-refractivity contribution is 6.31. The molecule has 0 spiro atoms. The highest BCUT2D eigenvalue weighted by atomic mass is 35.5. The van der Waals surface area contributed by atoms with Gasteiger partial charge in [0.05, 0.1) is 0 Å². The van der Waals surface area contributed by atoms with E-state index in [1.165, 1.54) is 17.2 Å². The molecule has 2 N–H and O–H groups in total. The van der Waals surface area contributed by atoms with Crippen molar-refractivity contribution in [2.75, 3.05) is 0 Å². The van der Waals surface area contributed by atoms with E-state index in [1.807, 2.05) is 12.1 Å². The standard InChI is InChI=1S/C17H17ClFN/c18-15-6-3-7-16(19)14(15)10-12-9-8-11-4-1-2-5-13(11)17(12)20/h1-7,12,17H,8-10,20H2. The molecule has 2 atom stereocenters. The fraction of sp³-hybridized carbons (Fsp3) is 0.294. The maximum absolute atomic E-state index is 13.9. The van der Waals surface area contributed by atoms with Crippen molar-refractivity contribution in [3.8, 4) is 0 Å². The molecular weight excluding hydrogens is 273 g/mol. The quantitative estimate of drug-likeness (QED) is 0.877. The lowest BCUT2D eigenvalue weighted by atomic mass is 9.77. The zero-order valence-corrected chi connectivity index (χ0v) is 11.9. The van der Waals surface area contributed by atoms with E-state index < -0.39 is 0 Å². The molecule has 0 bridgehead atoms. The minimum Gasteiger partial charge on any atom is -0.324 e. The molecule has 0 aliphatic heterocycles. The van der Waals surface area contributed by atoms with Gasteiger partial charge in [0.25, 0.3) is 0 Å². The molecule has 0 fully saturated rings. The molecule has 2 unspecified atom stereocenters. The van der Waals surface area contributed by atoms with Gasteiger partial charge in [-0.15, -0.1) is 0 Å². The summed E-state index contributed by atoms with van der Waals surface area (Å²) in [5, 5.41) is 0.496. The number of halogens is 2. The fourth-order valence-electron chi connectivity index (χ4n) is 3.08. The summed E-state index contributed by atoms with van der Waals surface area (Å²) in [6, 6.07) is 13.0. The molecule has 1 nitrogen and oxygen atoms in total. The van der Waals surface area contributed by atoms with Crippen LogP contribution in [0.25, 0.3) is 0 Å². The van der Waals surface area contributed by atoms with Crippen LogP contribution in [0.4, 0.5) is 4.39 Å². The van der Waals surface area contributed by atoms with Gasteiger partial charge in [0.1, 0.15) is 5.82 Å². The van der Waals surface area contributed by atoms with Crippen LogP contribution >= 0.6 is 11.6 Å². The fourth-order valence-corrected chi connectivity index (χ4v) is 3.32. The first-order valence-corrected chi connectivity index (χ1v) is 7.31. The zero-order chi connectivity index (χ0) is 14.1. The lowest BCUT2D eigenvalue weighted by molar-refractivity contribution is 0.371. The minimum atomic E-state index is -0.233. The molecule has 20 heavy (non-hydrogen) atoms. The van der Waals surface area contributed by atoms with Crippen LogP contribution in [0.2, 0.25) is 5.02 Å². The molecule has 0 heterocycles. The molecule has 3 rings (SSSR count). The Morgan fingerprint density at radius 3 is 2.75 bits per heavy atom. The molecule has 3 heteroatoms. The molecular formula is C17H17ClFN. The first-order chi connectivity index (χ1) is 9.66. The summed E-state index contributed by atoms with van der Waals surface area (Å²) in [6.07, 6.45) is 2.57. The third-order valence-electron chi connectivity index (χ3n) is 4.23. The van der Waals surface area contributed by atoms with Crippen LogP contribution in [-0.2, 0) is 12.8 Å². The van der Waals surface area contributed by atoms with Crippen LogP contribution in [0.5, 0.6) is 0 Å². The summed E-state index contributed by atoms with van der Waals surface area (Å²) in [5.74, 6) is 0.00265. The van der Waals surface area contributed by atoms with E-state index in [1.54, 1.807) is 12.1 Å². The van der Waals surface area contributed by atoms with Crippen LogP contribution in [0, 0.1) is 11.7 Å². The first kappa shape index (κ1) is 13.6. The molecule has 0 saturated heterocycles. The number of aryl methyl sites for hydroxylation is 1. The van der Waals surface area contributed by atoms with E-state index in [0.29, 0.717) is 17.0 Å². The third-order valence-corrected chi connectivity index (χ3v) is 4.59. The number of fused-ring (bicyclic) bond motifs is 1. The van der Waals surface area contributed by atoms with E-state index in [2.05, 4.69) is 12.1 Å². The van der Waals surface area contributed by atoms with Crippen molar-refractivity contribution in [2.24, 2.45) is 11.7 Å². The second kappa shape index (κ2) is 5.55. The van der Waals surface area contributed by atoms with E-state index in [0.717, 1.165) is 12.8 Å². The molecule has 1 aliphatic rings. The third kappa shape index (κ3) is 2.46. The largest absolute Gasteiger partial charge is 0.324 e. The number of hydrogen-bond acceptors (Lipinski definition) is 1. The Bertz CT molecular complexity index is 606. The van der Waals surface area contributed by atoms with Gasteiger partial charge >= 0.3 is 0 Å². The van der Waals surface area contributed by atoms with Gasteiger partial charge in [-0.05, 0) is 48.4 Å². The average Bonchev–Trinajstić information content (AvgIpc) is 2.45. The summed E-state index contributed by atoms with van der Waals surface area (Å²) in [6.45, 7) is 0. The summed E-state index contributed by atoms with van der Waals surface area (Å²) in [7, 11) is 0. The lowest BCUT2D eigenvalue weighted by Gasteiger charge is -2.31. The minimum absolute atomic E-state index is 0.0457. The second-order valence-electron chi connectivity index (χ2n) is 5.43. The van der Waals surface area contributed by atoms with Crippen molar-refractivity contribution in [3.63, 3.8) is 0 Å². The van der Waals surface area contributed by atoms with Crippen LogP contribution in [-0.4, -0.2) is 0 Å². The van der Waals surface area contributed by atoms with Crippen molar-refractivity contribution in [2.45, 2.75) is 25.3 Å². The predicted molar refractivity (Wildman–Crippen MR) is 80.3 cm³/mol. The highest BCUT2D eigenvalue weighted by Crippen LogP contribution is 2.36. The topological polar surface area (TPSA) is 26.0 Å². The average molecular weight is 290 g/mol. The Kier molecular flexibility index (Phi) is 3.77.